The summed E-state index contributed by atoms with van der Waals surface area (Å²) in [4.78, 5) is 0. The van der Waals surface area contributed by atoms with Crippen molar-refractivity contribution >= 4 is 10.4 Å². The molecule has 0 bridgehead atoms. The molecule has 5 N–H and O–H groups in total. The van der Waals surface area contributed by atoms with Gasteiger partial charge in [0.2, 0.25) is 0 Å². The Morgan fingerprint density at radius 1 is 0.933 bits per heavy atom. The van der Waals surface area contributed by atoms with Crippen LogP contribution in [0.4, 0.5) is 0 Å². The highest BCUT2D eigenvalue weighted by molar-refractivity contribution is 7.80. The van der Waals surface area contributed by atoms with Gasteiger partial charge in [0.1, 0.15) is 12.2 Å². The van der Waals surface area contributed by atoms with Crippen molar-refractivity contribution in [3.8, 4) is 0 Å². The van der Waals surface area contributed by atoms with Crippen molar-refractivity contribution in [3.63, 3.8) is 0 Å². The maximum atomic E-state index is 11.3. The molecule has 8 nitrogen and oxygen atoms in total. The first-order valence-corrected chi connectivity index (χ1v) is 12.2. The molecule has 0 radical (unpaired) electrons. The normalized spacial score (nSPS) is 56.0. The van der Waals surface area contributed by atoms with Gasteiger partial charge >= 0.3 is 10.4 Å². The van der Waals surface area contributed by atoms with Crippen LogP contribution in [0.15, 0.2) is 12.7 Å². The third-order valence-electron chi connectivity index (χ3n) is 9.37. The standard InChI is InChI=1S/C21H34O8S/c1-4-11-16(22)19(25)15-10-5-6-13-17(23)18(24)14(29-30(26,27)28)9-21(13,3)12(10)7-8-20(11,15)2/h4,10-19,22-25H,1,5-9H2,2-3H3,(H,26,27,28). The van der Waals surface area contributed by atoms with Gasteiger partial charge in [-0.1, -0.05) is 19.9 Å². The zero-order valence-electron chi connectivity index (χ0n) is 17.5. The van der Waals surface area contributed by atoms with E-state index in [1.165, 1.54) is 0 Å². The lowest BCUT2D eigenvalue weighted by atomic mass is 9.44. The summed E-state index contributed by atoms with van der Waals surface area (Å²) in [6, 6.07) is 0. The van der Waals surface area contributed by atoms with Crippen LogP contribution in [-0.4, -0.2) is 63.9 Å². The van der Waals surface area contributed by atoms with Crippen LogP contribution in [0.1, 0.15) is 46.0 Å². The minimum absolute atomic E-state index is 0.0642. The maximum Gasteiger partial charge on any atom is 0.397 e. The average Bonchev–Trinajstić information content (AvgIpc) is 2.83. The van der Waals surface area contributed by atoms with Crippen LogP contribution in [0.2, 0.25) is 0 Å². The van der Waals surface area contributed by atoms with Gasteiger partial charge in [0.25, 0.3) is 0 Å². The predicted molar refractivity (Wildman–Crippen MR) is 107 cm³/mol. The molecule has 12 atom stereocenters. The molecule has 4 aliphatic rings. The Morgan fingerprint density at radius 2 is 1.60 bits per heavy atom. The molecule has 4 fully saturated rings. The van der Waals surface area contributed by atoms with Crippen molar-refractivity contribution in [2.24, 2.45) is 40.4 Å². The number of hydrogen-bond donors (Lipinski definition) is 5. The van der Waals surface area contributed by atoms with Gasteiger partial charge in [-0.3, -0.25) is 4.55 Å². The van der Waals surface area contributed by atoms with Gasteiger partial charge in [0, 0.05) is 5.92 Å². The first-order valence-electron chi connectivity index (χ1n) is 10.9. The summed E-state index contributed by atoms with van der Waals surface area (Å²) in [5.41, 5.74) is -0.808. The zero-order chi connectivity index (χ0) is 22.2. The van der Waals surface area contributed by atoms with E-state index in [0.717, 1.165) is 19.3 Å². The van der Waals surface area contributed by atoms with E-state index < -0.39 is 46.3 Å². The first-order chi connectivity index (χ1) is 13.8. The summed E-state index contributed by atoms with van der Waals surface area (Å²) in [7, 11) is -4.78. The lowest BCUT2D eigenvalue weighted by Gasteiger charge is -2.62. The van der Waals surface area contributed by atoms with Gasteiger partial charge in [-0.15, -0.1) is 6.58 Å². The van der Waals surface area contributed by atoms with E-state index in [-0.39, 0.29) is 41.4 Å². The lowest BCUT2D eigenvalue weighted by molar-refractivity contribution is -0.206. The van der Waals surface area contributed by atoms with Gasteiger partial charge < -0.3 is 20.4 Å². The molecule has 0 aromatic heterocycles. The van der Waals surface area contributed by atoms with E-state index in [0.29, 0.717) is 6.42 Å². The molecule has 30 heavy (non-hydrogen) atoms. The summed E-state index contributed by atoms with van der Waals surface area (Å²) < 4.78 is 36.5. The van der Waals surface area contributed by atoms with Crippen LogP contribution in [0.25, 0.3) is 0 Å². The molecule has 4 aliphatic carbocycles. The van der Waals surface area contributed by atoms with Gasteiger partial charge in [-0.25, -0.2) is 4.18 Å². The van der Waals surface area contributed by atoms with Crippen molar-refractivity contribution in [3.05, 3.63) is 12.7 Å². The molecule has 4 rings (SSSR count). The summed E-state index contributed by atoms with van der Waals surface area (Å²) in [6.07, 6.45) is -0.639. The van der Waals surface area contributed by atoms with Crippen LogP contribution in [0, 0.1) is 40.4 Å². The Bertz CT molecular complexity index is 801. The minimum Gasteiger partial charge on any atom is -0.390 e. The van der Waals surface area contributed by atoms with E-state index in [9.17, 15) is 28.8 Å². The number of rotatable bonds is 3. The zero-order valence-corrected chi connectivity index (χ0v) is 18.3. The van der Waals surface area contributed by atoms with Crippen molar-refractivity contribution in [1.29, 1.82) is 0 Å². The molecule has 0 amide bonds. The second kappa shape index (κ2) is 7.23. The van der Waals surface area contributed by atoms with Crippen LogP contribution in [0.5, 0.6) is 0 Å². The van der Waals surface area contributed by atoms with Gasteiger partial charge in [-0.2, -0.15) is 8.42 Å². The van der Waals surface area contributed by atoms with E-state index in [1.807, 2.05) is 6.92 Å². The fraction of sp³-hybridized carbons (Fsp3) is 0.905. The van der Waals surface area contributed by atoms with Crippen LogP contribution in [-0.2, 0) is 14.6 Å². The lowest BCUT2D eigenvalue weighted by Crippen LogP contribution is -2.63. The smallest absolute Gasteiger partial charge is 0.390 e. The molecule has 172 valence electrons. The second-order valence-corrected chi connectivity index (χ2v) is 11.6. The highest BCUT2D eigenvalue weighted by atomic mass is 32.3. The Kier molecular flexibility index (Phi) is 5.46. The van der Waals surface area contributed by atoms with Crippen LogP contribution < -0.4 is 0 Å². The predicted octanol–water partition coefficient (Wildman–Crippen LogP) is 0.902. The Labute approximate surface area is 177 Å². The highest BCUT2D eigenvalue weighted by Crippen LogP contribution is 2.67. The fourth-order valence-corrected chi connectivity index (χ4v) is 8.64. The average molecular weight is 447 g/mol. The van der Waals surface area contributed by atoms with Crippen molar-refractivity contribution in [2.45, 2.75) is 76.5 Å². The van der Waals surface area contributed by atoms with E-state index in [1.54, 1.807) is 6.08 Å². The number of aliphatic hydroxyl groups is 4. The van der Waals surface area contributed by atoms with Crippen LogP contribution in [0.3, 0.4) is 0 Å². The Balaban J connectivity index is 1.68. The molecular formula is C21H34O8S. The SMILES string of the molecule is C=CC1C(O)C(O)C2C3CCC4C(O)C(O)C(OS(=O)(=O)O)CC4(C)C3CCC12C. The molecule has 0 aliphatic heterocycles. The summed E-state index contributed by atoms with van der Waals surface area (Å²) >= 11 is 0. The van der Waals surface area contributed by atoms with Crippen molar-refractivity contribution < 1.29 is 37.6 Å². The van der Waals surface area contributed by atoms with E-state index >= 15 is 0 Å². The van der Waals surface area contributed by atoms with Gasteiger partial charge in [0.05, 0.1) is 18.3 Å². The molecule has 0 saturated heterocycles. The Hall–Kier alpha value is -0.550. The van der Waals surface area contributed by atoms with Gasteiger partial charge in [-0.05, 0) is 66.6 Å². The maximum absolute atomic E-state index is 11.3. The molecule has 0 spiro atoms. The quantitative estimate of drug-likeness (QED) is 0.318. The number of hydrogen-bond acceptors (Lipinski definition) is 7. The highest BCUT2D eigenvalue weighted by Gasteiger charge is 2.66. The topological polar surface area (TPSA) is 145 Å². The van der Waals surface area contributed by atoms with Crippen molar-refractivity contribution in [1.82, 2.24) is 0 Å². The summed E-state index contributed by atoms with van der Waals surface area (Å²) in [5.74, 6) is -0.406. The fourth-order valence-electron chi connectivity index (χ4n) is 8.14. The molecular weight excluding hydrogens is 412 g/mol. The number of aliphatic hydroxyl groups excluding tert-OH is 4. The van der Waals surface area contributed by atoms with Gasteiger partial charge in [0.15, 0.2) is 0 Å². The molecule has 12 unspecified atom stereocenters. The summed E-state index contributed by atoms with van der Waals surface area (Å²) in [6.45, 7) is 7.98. The minimum atomic E-state index is -4.78. The molecule has 0 aromatic rings. The third kappa shape index (κ3) is 3.12. The molecule has 9 heteroatoms. The van der Waals surface area contributed by atoms with Crippen molar-refractivity contribution in [2.75, 3.05) is 0 Å². The molecule has 0 aromatic carbocycles. The Morgan fingerprint density at radius 3 is 2.20 bits per heavy atom. The first kappa shape index (κ1) is 22.6. The van der Waals surface area contributed by atoms with E-state index in [2.05, 4.69) is 13.5 Å². The largest absolute Gasteiger partial charge is 0.397 e. The second-order valence-electron chi connectivity index (χ2n) is 10.5. The van der Waals surface area contributed by atoms with Crippen LogP contribution >= 0.6 is 0 Å². The van der Waals surface area contributed by atoms with E-state index in [4.69, 9.17) is 8.74 Å². The number of fused-ring (bicyclic) bond motifs is 5. The monoisotopic (exact) mass is 446 g/mol. The third-order valence-corrected chi connectivity index (χ3v) is 9.86. The molecule has 4 saturated carbocycles. The summed E-state index contributed by atoms with van der Waals surface area (Å²) in [5, 5.41) is 42.9. The molecule has 0 heterocycles.